The van der Waals surface area contributed by atoms with Gasteiger partial charge in [0.25, 0.3) is 17.6 Å². The number of amides is 2. The molecule has 0 unspecified atom stereocenters. The van der Waals surface area contributed by atoms with E-state index in [1.165, 1.54) is 6.33 Å². The first-order chi connectivity index (χ1) is 13.6. The smallest absolute Gasteiger partial charge is 0.274 e. The van der Waals surface area contributed by atoms with Crippen molar-refractivity contribution in [1.29, 1.82) is 0 Å². The van der Waals surface area contributed by atoms with E-state index in [9.17, 15) is 9.59 Å². The standard InChI is InChI=1S/C20H20N6O2/c1-12(2)16-10-15(23-20-21-11-22-26(16)20)19(28)25-9-5-8-24-17(25)13-6-3-4-7-14(13)18(24)27/h3-4,6-7,10-12,17H,5,8-9H2,1-2H3/t17-/m1/s1. The molecule has 1 atom stereocenters. The van der Waals surface area contributed by atoms with E-state index in [0.29, 0.717) is 30.1 Å². The lowest BCUT2D eigenvalue weighted by Gasteiger charge is -2.40. The van der Waals surface area contributed by atoms with E-state index in [4.69, 9.17) is 0 Å². The molecule has 0 radical (unpaired) electrons. The fraction of sp³-hybridized carbons (Fsp3) is 0.350. The third-order valence-corrected chi connectivity index (χ3v) is 5.47. The fourth-order valence-corrected chi connectivity index (χ4v) is 4.16. The van der Waals surface area contributed by atoms with Gasteiger partial charge in [0.05, 0.1) is 5.69 Å². The Morgan fingerprint density at radius 3 is 2.86 bits per heavy atom. The first-order valence-electron chi connectivity index (χ1n) is 9.48. The average molecular weight is 376 g/mol. The van der Waals surface area contributed by atoms with Crippen molar-refractivity contribution >= 4 is 17.6 Å². The Labute approximate surface area is 161 Å². The van der Waals surface area contributed by atoms with Crippen LogP contribution in [0.3, 0.4) is 0 Å². The third kappa shape index (κ3) is 2.33. The number of carbonyl (C=O) groups is 2. The predicted molar refractivity (Wildman–Crippen MR) is 101 cm³/mol. The zero-order valence-electron chi connectivity index (χ0n) is 15.7. The van der Waals surface area contributed by atoms with Gasteiger partial charge in [-0.2, -0.15) is 10.1 Å². The summed E-state index contributed by atoms with van der Waals surface area (Å²) in [6.45, 7) is 5.31. The summed E-state index contributed by atoms with van der Waals surface area (Å²) < 4.78 is 1.67. The minimum Gasteiger partial charge on any atom is -0.314 e. The van der Waals surface area contributed by atoms with Crippen LogP contribution in [0.1, 0.15) is 64.5 Å². The minimum atomic E-state index is -0.372. The number of carbonyl (C=O) groups excluding carboxylic acids is 2. The van der Waals surface area contributed by atoms with Gasteiger partial charge in [0.15, 0.2) is 0 Å². The number of aromatic nitrogens is 4. The Balaban J connectivity index is 1.59. The van der Waals surface area contributed by atoms with Crippen molar-refractivity contribution in [2.75, 3.05) is 13.1 Å². The molecule has 0 N–H and O–H groups in total. The first kappa shape index (κ1) is 16.9. The van der Waals surface area contributed by atoms with E-state index in [1.54, 1.807) is 20.4 Å². The van der Waals surface area contributed by atoms with Crippen molar-refractivity contribution in [2.45, 2.75) is 32.4 Å². The van der Waals surface area contributed by atoms with Crippen molar-refractivity contribution < 1.29 is 9.59 Å². The molecule has 0 aliphatic carbocycles. The summed E-state index contributed by atoms with van der Waals surface area (Å²) in [6, 6.07) is 9.31. The van der Waals surface area contributed by atoms with Crippen molar-refractivity contribution in [3.63, 3.8) is 0 Å². The van der Waals surface area contributed by atoms with E-state index in [0.717, 1.165) is 17.7 Å². The van der Waals surface area contributed by atoms with Crippen LogP contribution in [0.4, 0.5) is 0 Å². The highest BCUT2D eigenvalue weighted by Gasteiger charge is 2.44. The van der Waals surface area contributed by atoms with Gasteiger partial charge < -0.3 is 9.80 Å². The van der Waals surface area contributed by atoms with Crippen LogP contribution in [0.15, 0.2) is 36.7 Å². The molecule has 3 aromatic rings. The molecule has 0 bridgehead atoms. The maximum Gasteiger partial charge on any atom is 0.274 e. The summed E-state index contributed by atoms with van der Waals surface area (Å²) >= 11 is 0. The van der Waals surface area contributed by atoms with Gasteiger partial charge in [-0.3, -0.25) is 9.59 Å². The average Bonchev–Trinajstić information content (AvgIpc) is 3.30. The molecule has 0 saturated carbocycles. The zero-order valence-corrected chi connectivity index (χ0v) is 15.7. The highest BCUT2D eigenvalue weighted by molar-refractivity contribution is 6.01. The lowest BCUT2D eigenvalue weighted by atomic mass is 10.1. The minimum absolute atomic E-state index is 0.0122. The molecule has 1 saturated heterocycles. The Morgan fingerprint density at radius 1 is 1.21 bits per heavy atom. The molecule has 5 rings (SSSR count). The van der Waals surface area contributed by atoms with E-state index >= 15 is 0 Å². The fourth-order valence-electron chi connectivity index (χ4n) is 4.16. The maximum absolute atomic E-state index is 13.5. The van der Waals surface area contributed by atoms with Crippen molar-refractivity contribution in [3.05, 3.63) is 59.2 Å². The molecule has 8 nitrogen and oxygen atoms in total. The molecule has 28 heavy (non-hydrogen) atoms. The summed E-state index contributed by atoms with van der Waals surface area (Å²) in [4.78, 5) is 38.4. The molecule has 2 aliphatic rings. The molecular formula is C20H20N6O2. The first-order valence-corrected chi connectivity index (χ1v) is 9.48. The molecule has 8 heteroatoms. The van der Waals surface area contributed by atoms with Gasteiger partial charge in [-0.25, -0.2) is 9.50 Å². The summed E-state index contributed by atoms with van der Waals surface area (Å²) in [5.41, 5.74) is 2.77. The third-order valence-electron chi connectivity index (χ3n) is 5.47. The number of nitrogens with zero attached hydrogens (tertiary/aromatic N) is 6. The van der Waals surface area contributed by atoms with Crippen LogP contribution in [0.2, 0.25) is 0 Å². The van der Waals surface area contributed by atoms with Gasteiger partial charge >= 0.3 is 0 Å². The largest absolute Gasteiger partial charge is 0.314 e. The van der Waals surface area contributed by atoms with Crippen molar-refractivity contribution in [3.8, 4) is 0 Å². The summed E-state index contributed by atoms with van der Waals surface area (Å²) in [5.74, 6) is 0.366. The highest BCUT2D eigenvalue weighted by Crippen LogP contribution is 2.39. The second-order valence-corrected chi connectivity index (χ2v) is 7.50. The van der Waals surface area contributed by atoms with E-state index in [1.807, 2.05) is 38.1 Å². The van der Waals surface area contributed by atoms with Gasteiger partial charge in [0.1, 0.15) is 18.2 Å². The van der Waals surface area contributed by atoms with Crippen LogP contribution >= 0.6 is 0 Å². The van der Waals surface area contributed by atoms with Crippen molar-refractivity contribution in [1.82, 2.24) is 29.4 Å². The highest BCUT2D eigenvalue weighted by atomic mass is 16.2. The van der Waals surface area contributed by atoms with Gasteiger partial charge in [-0.15, -0.1) is 0 Å². The monoisotopic (exact) mass is 376 g/mol. The van der Waals surface area contributed by atoms with E-state index in [-0.39, 0.29) is 23.9 Å². The molecule has 0 spiro atoms. The Kier molecular flexibility index (Phi) is 3.68. The van der Waals surface area contributed by atoms with Crippen molar-refractivity contribution in [2.24, 2.45) is 0 Å². The summed E-state index contributed by atoms with van der Waals surface area (Å²) in [5, 5.41) is 4.21. The summed E-state index contributed by atoms with van der Waals surface area (Å²) in [6.07, 6.45) is 1.81. The van der Waals surface area contributed by atoms with E-state index in [2.05, 4.69) is 15.1 Å². The number of benzene rings is 1. The molecule has 2 aromatic heterocycles. The Morgan fingerprint density at radius 2 is 2.04 bits per heavy atom. The zero-order chi connectivity index (χ0) is 19.4. The van der Waals surface area contributed by atoms with Crippen LogP contribution in [0.25, 0.3) is 5.78 Å². The summed E-state index contributed by atoms with van der Waals surface area (Å²) in [7, 11) is 0. The lowest BCUT2D eigenvalue weighted by Crippen LogP contribution is -2.49. The van der Waals surface area contributed by atoms with Gasteiger partial charge in [-0.1, -0.05) is 32.0 Å². The van der Waals surface area contributed by atoms with E-state index < -0.39 is 0 Å². The number of fused-ring (bicyclic) bond motifs is 4. The molecule has 2 amide bonds. The van der Waals surface area contributed by atoms with Crippen LogP contribution < -0.4 is 0 Å². The quantitative estimate of drug-likeness (QED) is 0.685. The number of hydrogen-bond acceptors (Lipinski definition) is 5. The van der Waals surface area contributed by atoms with Gasteiger partial charge in [0, 0.05) is 24.2 Å². The maximum atomic E-state index is 13.5. The van der Waals surface area contributed by atoms with Crippen LogP contribution in [0, 0.1) is 0 Å². The molecule has 4 heterocycles. The van der Waals surface area contributed by atoms with Crippen LogP contribution in [0.5, 0.6) is 0 Å². The molecule has 2 aliphatic heterocycles. The molecule has 1 aromatic carbocycles. The second kappa shape index (κ2) is 6.12. The molecule has 142 valence electrons. The molecule has 1 fully saturated rings. The normalized spacial score (nSPS) is 18.7. The van der Waals surface area contributed by atoms with Crippen LogP contribution in [-0.2, 0) is 0 Å². The van der Waals surface area contributed by atoms with Crippen LogP contribution in [-0.4, -0.2) is 54.3 Å². The number of hydrogen-bond donors (Lipinski definition) is 0. The number of rotatable bonds is 2. The Hall–Kier alpha value is -3.29. The predicted octanol–water partition coefficient (Wildman–Crippen LogP) is 2.25. The topological polar surface area (TPSA) is 83.7 Å². The molecular weight excluding hydrogens is 356 g/mol. The lowest BCUT2D eigenvalue weighted by molar-refractivity contribution is 0.0160. The second-order valence-electron chi connectivity index (χ2n) is 7.50. The van der Waals surface area contributed by atoms with Gasteiger partial charge in [-0.05, 0) is 24.5 Å². The Bertz CT molecular complexity index is 1110. The SMILES string of the molecule is CC(C)c1cc(C(=O)N2CCCN3C(=O)c4ccccc4[C@@H]23)nc2ncnn12. The van der Waals surface area contributed by atoms with Gasteiger partial charge in [0.2, 0.25) is 0 Å².